The fourth-order valence-corrected chi connectivity index (χ4v) is 5.22. The highest BCUT2D eigenvalue weighted by Crippen LogP contribution is 2.26. The van der Waals surface area contributed by atoms with E-state index in [1.165, 1.54) is 27.4 Å². The first-order valence-corrected chi connectivity index (χ1v) is 12.0. The Hall–Kier alpha value is -2.35. The van der Waals surface area contributed by atoms with Gasteiger partial charge < -0.3 is 9.64 Å². The van der Waals surface area contributed by atoms with E-state index in [1.54, 1.807) is 13.1 Å². The molecule has 1 saturated heterocycles. The highest BCUT2D eigenvalue weighted by Gasteiger charge is 2.27. The van der Waals surface area contributed by atoms with E-state index in [9.17, 15) is 13.2 Å². The molecule has 0 aliphatic carbocycles. The van der Waals surface area contributed by atoms with Crippen LogP contribution in [-0.2, 0) is 16.6 Å². The summed E-state index contributed by atoms with van der Waals surface area (Å²) in [4.78, 5) is 14.6. The van der Waals surface area contributed by atoms with Crippen molar-refractivity contribution in [2.45, 2.75) is 30.7 Å². The van der Waals surface area contributed by atoms with Gasteiger partial charge in [-0.2, -0.15) is 4.31 Å². The Morgan fingerprint density at radius 2 is 1.84 bits per heavy atom. The van der Waals surface area contributed by atoms with Crippen LogP contribution in [0, 0.1) is 0 Å². The Morgan fingerprint density at radius 3 is 2.48 bits per heavy atom. The maximum absolute atomic E-state index is 13.0. The average molecular weight is 463 g/mol. The number of ether oxygens (including phenoxy) is 1. The molecular formula is C23H27ClN2O4S. The van der Waals surface area contributed by atoms with Gasteiger partial charge in [0.2, 0.25) is 10.0 Å². The zero-order chi connectivity index (χ0) is 22.4. The predicted octanol–water partition coefficient (Wildman–Crippen LogP) is 4.35. The molecule has 0 bridgehead atoms. The molecule has 0 N–H and O–H groups in total. The molecule has 2 aromatic rings. The van der Waals surface area contributed by atoms with Crippen LogP contribution in [0.4, 0.5) is 0 Å². The third-order valence-electron chi connectivity index (χ3n) is 5.18. The molecule has 8 heteroatoms. The number of sulfonamides is 1. The lowest BCUT2D eigenvalue weighted by molar-refractivity contribution is 0.0785. The van der Waals surface area contributed by atoms with Crippen LogP contribution in [0.5, 0.6) is 5.75 Å². The number of carbonyl (C=O) groups excluding carboxylic acids is 1. The highest BCUT2D eigenvalue weighted by molar-refractivity contribution is 7.89. The molecule has 1 aliphatic heterocycles. The first-order chi connectivity index (χ1) is 14.8. The Balaban J connectivity index is 1.76. The van der Waals surface area contributed by atoms with E-state index in [-0.39, 0.29) is 21.4 Å². The minimum absolute atomic E-state index is 0.0965. The summed E-state index contributed by atoms with van der Waals surface area (Å²) in [5.74, 6) is 0.379. The minimum atomic E-state index is -3.65. The maximum Gasteiger partial charge on any atom is 0.255 e. The second-order valence-electron chi connectivity index (χ2n) is 7.51. The molecule has 0 aromatic heterocycles. The number of rotatable bonds is 8. The van der Waals surface area contributed by atoms with E-state index < -0.39 is 10.0 Å². The molecule has 1 aliphatic rings. The summed E-state index contributed by atoms with van der Waals surface area (Å²) in [6.45, 7) is 5.39. The van der Waals surface area contributed by atoms with Crippen LogP contribution in [0.25, 0.3) is 0 Å². The van der Waals surface area contributed by atoms with Gasteiger partial charge in [0.15, 0.2) is 0 Å². The van der Waals surface area contributed by atoms with E-state index in [4.69, 9.17) is 16.3 Å². The Kier molecular flexibility index (Phi) is 7.75. The summed E-state index contributed by atoms with van der Waals surface area (Å²) in [6, 6.07) is 11.7. The van der Waals surface area contributed by atoms with Gasteiger partial charge in [-0.1, -0.05) is 42.8 Å². The molecule has 0 atom stereocenters. The summed E-state index contributed by atoms with van der Waals surface area (Å²) < 4.78 is 32.9. The normalized spacial score (nSPS) is 14.8. The predicted molar refractivity (Wildman–Crippen MR) is 122 cm³/mol. The number of nitrogens with zero attached hydrogens (tertiary/aromatic N) is 2. The SMILES string of the molecule is C=CCOc1ccc(CN(C)C(=O)c2cc(S(=O)(=O)N3CCCCC3)ccc2Cl)cc1. The second-order valence-corrected chi connectivity index (χ2v) is 9.86. The van der Waals surface area contributed by atoms with Crippen LogP contribution in [0.3, 0.4) is 0 Å². The monoisotopic (exact) mass is 462 g/mol. The Labute approximate surface area is 189 Å². The molecular weight excluding hydrogens is 436 g/mol. The van der Waals surface area contributed by atoms with Crippen molar-refractivity contribution >= 4 is 27.5 Å². The third-order valence-corrected chi connectivity index (χ3v) is 7.40. The Morgan fingerprint density at radius 1 is 1.16 bits per heavy atom. The van der Waals surface area contributed by atoms with Gasteiger partial charge in [-0.3, -0.25) is 4.79 Å². The van der Waals surface area contributed by atoms with Crippen molar-refractivity contribution in [1.29, 1.82) is 0 Å². The summed E-state index contributed by atoms with van der Waals surface area (Å²) >= 11 is 6.26. The van der Waals surface area contributed by atoms with E-state index in [0.717, 1.165) is 30.6 Å². The van der Waals surface area contributed by atoms with E-state index in [0.29, 0.717) is 26.2 Å². The fourth-order valence-electron chi connectivity index (χ4n) is 3.48. The molecule has 0 unspecified atom stereocenters. The van der Waals surface area contributed by atoms with E-state index in [1.807, 2.05) is 24.3 Å². The highest BCUT2D eigenvalue weighted by atomic mass is 35.5. The van der Waals surface area contributed by atoms with Crippen molar-refractivity contribution in [3.8, 4) is 5.75 Å². The van der Waals surface area contributed by atoms with Crippen molar-refractivity contribution in [2.24, 2.45) is 0 Å². The maximum atomic E-state index is 13.0. The summed E-state index contributed by atoms with van der Waals surface area (Å²) in [7, 11) is -1.99. The van der Waals surface area contributed by atoms with E-state index in [2.05, 4.69) is 6.58 Å². The number of piperidine rings is 1. The standard InChI is InChI=1S/C23H27ClN2O4S/c1-3-15-30-19-9-7-18(8-10-19)17-25(2)23(27)21-16-20(11-12-22(21)24)31(28,29)26-13-5-4-6-14-26/h3,7-12,16H,1,4-6,13-15,17H2,2H3. The van der Waals surface area contributed by atoms with Crippen LogP contribution in [0.1, 0.15) is 35.2 Å². The van der Waals surface area contributed by atoms with Gasteiger partial charge >= 0.3 is 0 Å². The average Bonchev–Trinajstić information content (AvgIpc) is 2.79. The summed E-state index contributed by atoms with van der Waals surface area (Å²) in [5, 5.41) is 0.225. The lowest BCUT2D eigenvalue weighted by atomic mass is 10.1. The number of hydrogen-bond acceptors (Lipinski definition) is 4. The van der Waals surface area contributed by atoms with Crippen LogP contribution < -0.4 is 4.74 Å². The molecule has 3 rings (SSSR count). The first kappa shape index (κ1) is 23.3. The van der Waals surface area contributed by atoms with Crippen LogP contribution >= 0.6 is 11.6 Å². The molecule has 0 radical (unpaired) electrons. The number of amides is 1. The molecule has 0 saturated carbocycles. The van der Waals surface area contributed by atoms with Gasteiger partial charge in [0.25, 0.3) is 5.91 Å². The quantitative estimate of drug-likeness (QED) is 0.547. The largest absolute Gasteiger partial charge is 0.490 e. The van der Waals surface area contributed by atoms with Crippen molar-refractivity contribution in [3.63, 3.8) is 0 Å². The van der Waals surface area contributed by atoms with Gasteiger partial charge in [-0.15, -0.1) is 0 Å². The fraction of sp³-hybridized carbons (Fsp3) is 0.348. The number of benzene rings is 2. The Bertz CT molecular complexity index is 1030. The lowest BCUT2D eigenvalue weighted by Gasteiger charge is -2.26. The smallest absolute Gasteiger partial charge is 0.255 e. The van der Waals surface area contributed by atoms with Gasteiger partial charge in [0, 0.05) is 26.7 Å². The molecule has 1 amide bonds. The molecule has 2 aromatic carbocycles. The van der Waals surface area contributed by atoms with Crippen LogP contribution in [0.15, 0.2) is 60.0 Å². The minimum Gasteiger partial charge on any atom is -0.490 e. The topological polar surface area (TPSA) is 66.9 Å². The lowest BCUT2D eigenvalue weighted by Crippen LogP contribution is -2.35. The number of halogens is 1. The molecule has 6 nitrogen and oxygen atoms in total. The molecule has 1 fully saturated rings. The van der Waals surface area contributed by atoms with Crippen molar-refractivity contribution in [2.75, 3.05) is 26.7 Å². The number of hydrogen-bond donors (Lipinski definition) is 0. The third kappa shape index (κ3) is 5.67. The second kappa shape index (κ2) is 10.3. The van der Waals surface area contributed by atoms with Crippen molar-refractivity contribution in [1.82, 2.24) is 9.21 Å². The zero-order valence-electron chi connectivity index (χ0n) is 17.6. The van der Waals surface area contributed by atoms with Gasteiger partial charge in [-0.05, 0) is 48.7 Å². The zero-order valence-corrected chi connectivity index (χ0v) is 19.2. The summed E-state index contributed by atoms with van der Waals surface area (Å²) in [5.41, 5.74) is 1.09. The van der Waals surface area contributed by atoms with Crippen LogP contribution in [0.2, 0.25) is 5.02 Å². The van der Waals surface area contributed by atoms with E-state index >= 15 is 0 Å². The van der Waals surface area contributed by atoms with Crippen molar-refractivity contribution in [3.05, 3.63) is 71.3 Å². The van der Waals surface area contributed by atoms with Crippen LogP contribution in [-0.4, -0.2) is 50.3 Å². The van der Waals surface area contributed by atoms with Gasteiger partial charge in [-0.25, -0.2) is 8.42 Å². The van der Waals surface area contributed by atoms with Gasteiger partial charge in [0.05, 0.1) is 15.5 Å². The first-order valence-electron chi connectivity index (χ1n) is 10.2. The van der Waals surface area contributed by atoms with Crippen molar-refractivity contribution < 1.29 is 17.9 Å². The summed E-state index contributed by atoms with van der Waals surface area (Å²) in [6.07, 6.45) is 4.39. The van der Waals surface area contributed by atoms with Gasteiger partial charge in [0.1, 0.15) is 12.4 Å². The molecule has 1 heterocycles. The molecule has 166 valence electrons. The number of carbonyl (C=O) groups is 1. The molecule has 0 spiro atoms. The molecule has 31 heavy (non-hydrogen) atoms.